The molecule has 0 aromatic heterocycles. The molecule has 0 heterocycles. The zero-order valence-electron chi connectivity index (χ0n) is 52.8. The summed E-state index contributed by atoms with van der Waals surface area (Å²) in [4.78, 5) is 63.6. The van der Waals surface area contributed by atoms with Gasteiger partial charge in [-0.15, -0.1) is 0 Å². The van der Waals surface area contributed by atoms with Gasteiger partial charge < -0.3 is 68.8 Å². The zero-order chi connectivity index (χ0) is 59.1. The van der Waals surface area contributed by atoms with E-state index < -0.39 is 72.4 Å². The van der Waals surface area contributed by atoms with Gasteiger partial charge in [0.1, 0.15) is 0 Å². The van der Waals surface area contributed by atoms with E-state index in [4.69, 9.17) is 27.6 Å². The van der Waals surface area contributed by atoms with Gasteiger partial charge >= 0.3 is 65.1 Å². The molecule has 0 aliphatic carbocycles. The van der Waals surface area contributed by atoms with Crippen LogP contribution in [0.4, 0.5) is 4.79 Å². The summed E-state index contributed by atoms with van der Waals surface area (Å²) in [5.74, 6) is -0.491. The Morgan fingerprint density at radius 2 is 0.671 bits per heavy atom. The molecule has 19 nitrogen and oxygen atoms in total. The Morgan fingerprint density at radius 3 is 0.976 bits per heavy atom. The standard InChI is InChI=1S/C59H120N4O15P2.2Na/c1-5-9-13-17-19-21-23-25-27-31-35-39-57(66)62-53(49-73-45-41-55(64)37-33-29-15-11-7-3)51-77-79(69,70)75-47-43-60-59(68)61-44-48-76-80(71,72)78-52-54(50-74-46-42-56(65)38-34-30-16-12-8-4)63-58(67)40-36-32-28-26-24-22-20-18-14-10-6-2;;/h53-56,64-65H,5-52H2,1-4H3,(H,62,66)(H,63,67)(H,69,70)(H,71,72)(H2,60,61,68);;/q;2*+1/p-2/t53-,54-,55+,56+;;/m0../s1. The smallest absolute Gasteiger partial charge is 0.756 e. The molecule has 0 aliphatic heterocycles. The van der Waals surface area contributed by atoms with Crippen LogP contribution in [0.5, 0.6) is 0 Å². The van der Waals surface area contributed by atoms with Gasteiger partial charge in [-0.2, -0.15) is 0 Å². The van der Waals surface area contributed by atoms with Crippen LogP contribution in [0, 0.1) is 0 Å². The molecule has 0 radical (unpaired) electrons. The number of rotatable bonds is 62. The molecule has 0 aromatic carbocycles. The largest absolute Gasteiger partial charge is 1.00 e. The number of carbonyl (C=O) groups excluding carboxylic acids is 3. The normalized spacial score (nSPS) is 14.3. The van der Waals surface area contributed by atoms with Crippen LogP contribution in [0.3, 0.4) is 0 Å². The molecule has 6 N–H and O–H groups in total. The molecule has 0 fully saturated rings. The summed E-state index contributed by atoms with van der Waals surface area (Å²) in [6.07, 6.45) is 37.9. The maximum atomic E-state index is 12.9. The van der Waals surface area contributed by atoms with E-state index in [0.717, 1.165) is 89.9 Å². The molecule has 6 atom stereocenters. The Morgan fingerprint density at radius 1 is 0.390 bits per heavy atom. The first-order valence-corrected chi connectivity index (χ1v) is 34.9. The van der Waals surface area contributed by atoms with Crippen molar-refractivity contribution >= 4 is 33.5 Å². The number of phosphoric ester groups is 2. The number of nitrogens with one attached hydrogen (secondary N) is 4. The molecular formula is C59H118N4Na2O15P2. The van der Waals surface area contributed by atoms with Gasteiger partial charge in [0.2, 0.25) is 11.8 Å². The monoisotopic (exact) mass is 1230 g/mol. The molecule has 0 saturated heterocycles. The average Bonchev–Trinajstić information content (AvgIpc) is 3.43. The molecule has 0 rings (SSSR count). The van der Waals surface area contributed by atoms with E-state index in [2.05, 4.69) is 49.0 Å². The number of hydrogen-bond donors (Lipinski definition) is 6. The van der Waals surface area contributed by atoms with Crippen LogP contribution in [0.1, 0.15) is 272 Å². The van der Waals surface area contributed by atoms with Gasteiger partial charge in [-0.05, 0) is 38.5 Å². The fraction of sp³-hybridized carbons (Fsp3) is 0.949. The molecule has 0 bridgehead atoms. The molecule has 82 heavy (non-hydrogen) atoms. The van der Waals surface area contributed by atoms with Gasteiger partial charge in [-0.3, -0.25) is 18.7 Å². The summed E-state index contributed by atoms with van der Waals surface area (Å²) < 4.78 is 57.0. The summed E-state index contributed by atoms with van der Waals surface area (Å²) in [5, 5.41) is 31.3. The summed E-state index contributed by atoms with van der Waals surface area (Å²) >= 11 is 0. The van der Waals surface area contributed by atoms with Crippen molar-refractivity contribution in [2.24, 2.45) is 0 Å². The van der Waals surface area contributed by atoms with Crippen LogP contribution in [-0.2, 0) is 46.3 Å². The second-order valence-electron chi connectivity index (χ2n) is 21.9. The Kier molecular flexibility index (Phi) is 66.3. The SMILES string of the molecule is CCCCCCCCCCCCCC(=O)N[C@@H](COCC[C@H](O)CCCCCCC)COP(=O)([O-])OCCNC(=O)NCCOP(=O)([O-])OC[C@H](COCC[C@H](O)CCCCCCC)NC(=O)CCCCCCCCCCCCC.[Na+].[Na+]. The number of amides is 4. The number of aliphatic hydroxyl groups excluding tert-OH is 2. The first-order valence-electron chi connectivity index (χ1n) is 32.0. The van der Waals surface area contributed by atoms with E-state index in [1.54, 1.807) is 0 Å². The number of ether oxygens (including phenoxy) is 2. The predicted molar refractivity (Wildman–Crippen MR) is 316 cm³/mol. The number of hydrogen-bond acceptors (Lipinski definition) is 15. The minimum absolute atomic E-state index is 0. The maximum Gasteiger partial charge on any atom is 1.00 e. The molecular weight excluding hydrogens is 1110 g/mol. The number of carbonyl (C=O) groups is 3. The van der Waals surface area contributed by atoms with E-state index >= 15 is 0 Å². The Balaban J connectivity index is -0.0000312. The molecule has 23 heteroatoms. The number of aliphatic hydroxyl groups is 2. The van der Waals surface area contributed by atoms with Crippen molar-refractivity contribution in [1.82, 2.24) is 21.3 Å². The zero-order valence-corrected chi connectivity index (χ0v) is 58.6. The van der Waals surface area contributed by atoms with Gasteiger partial charge in [-0.25, -0.2) is 4.79 Å². The minimum Gasteiger partial charge on any atom is -0.756 e. The van der Waals surface area contributed by atoms with Crippen molar-refractivity contribution in [1.29, 1.82) is 0 Å². The van der Waals surface area contributed by atoms with E-state index in [0.29, 0.717) is 38.5 Å². The molecule has 476 valence electrons. The number of unbranched alkanes of at least 4 members (excludes halogenated alkanes) is 28. The van der Waals surface area contributed by atoms with Crippen molar-refractivity contribution in [2.75, 3.05) is 65.9 Å². The summed E-state index contributed by atoms with van der Waals surface area (Å²) in [6.45, 7) is 6.77. The Bertz CT molecular complexity index is 1430. The van der Waals surface area contributed by atoms with Crippen molar-refractivity contribution in [3.05, 3.63) is 0 Å². The van der Waals surface area contributed by atoms with Gasteiger partial charge in [0, 0.05) is 39.1 Å². The van der Waals surface area contributed by atoms with Crippen LogP contribution in [0.2, 0.25) is 0 Å². The second kappa shape index (κ2) is 62.9. The van der Waals surface area contributed by atoms with Crippen molar-refractivity contribution in [3.63, 3.8) is 0 Å². The van der Waals surface area contributed by atoms with Crippen molar-refractivity contribution in [3.8, 4) is 0 Å². The Labute approximate surface area is 542 Å². The third kappa shape index (κ3) is 61.9. The van der Waals surface area contributed by atoms with Crippen molar-refractivity contribution in [2.45, 2.75) is 296 Å². The number of urea groups is 1. The van der Waals surface area contributed by atoms with Crippen LogP contribution in [0.25, 0.3) is 0 Å². The molecule has 0 aromatic rings. The first-order chi connectivity index (χ1) is 38.7. The van der Waals surface area contributed by atoms with Gasteiger partial charge in [0.25, 0.3) is 15.6 Å². The molecule has 0 aliphatic rings. The fourth-order valence-electron chi connectivity index (χ4n) is 9.05. The Hall–Kier alpha value is 0.270. The third-order valence-electron chi connectivity index (χ3n) is 14.0. The molecule has 0 saturated carbocycles. The van der Waals surface area contributed by atoms with Crippen LogP contribution in [0.15, 0.2) is 0 Å². The average molecular weight is 1230 g/mol. The molecule has 0 spiro atoms. The van der Waals surface area contributed by atoms with Gasteiger partial charge in [0.05, 0.1) is 63.9 Å². The van der Waals surface area contributed by atoms with Crippen molar-refractivity contribution < 1.29 is 130 Å². The van der Waals surface area contributed by atoms with Crippen LogP contribution < -0.4 is 90.2 Å². The predicted octanol–water partition coefficient (Wildman–Crippen LogP) is 5.92. The maximum absolute atomic E-state index is 12.9. The van der Waals surface area contributed by atoms with Gasteiger partial charge in [-0.1, -0.05) is 220 Å². The minimum atomic E-state index is -4.88. The first kappa shape index (κ1) is 86.5. The fourth-order valence-corrected chi connectivity index (χ4v) is 10.6. The summed E-state index contributed by atoms with van der Waals surface area (Å²) in [6, 6.07) is -2.36. The number of phosphoric acid groups is 2. The summed E-state index contributed by atoms with van der Waals surface area (Å²) in [7, 11) is -9.77. The third-order valence-corrected chi connectivity index (χ3v) is 15.9. The van der Waals surface area contributed by atoms with E-state index in [-0.39, 0.29) is 123 Å². The quantitative estimate of drug-likeness (QED) is 0.0234. The van der Waals surface area contributed by atoms with Crippen LogP contribution >= 0.6 is 15.6 Å². The van der Waals surface area contributed by atoms with Crippen LogP contribution in [-0.4, -0.2) is 118 Å². The topological polar surface area (TPSA) is 275 Å². The second-order valence-corrected chi connectivity index (χ2v) is 24.7. The van der Waals surface area contributed by atoms with E-state index in [1.807, 2.05) is 0 Å². The van der Waals surface area contributed by atoms with Gasteiger partial charge in [0.15, 0.2) is 0 Å². The molecule has 2 unspecified atom stereocenters. The summed E-state index contributed by atoms with van der Waals surface area (Å²) in [5.41, 5.74) is 0. The van der Waals surface area contributed by atoms with E-state index in [1.165, 1.54) is 103 Å². The molecule has 4 amide bonds. The van der Waals surface area contributed by atoms with E-state index in [9.17, 15) is 43.5 Å².